The molecule has 0 atom stereocenters. The van der Waals surface area contributed by atoms with Crippen LogP contribution >= 0.6 is 11.6 Å². The van der Waals surface area contributed by atoms with Crippen LogP contribution in [-0.2, 0) is 0 Å². The van der Waals surface area contributed by atoms with Crippen molar-refractivity contribution in [3.05, 3.63) is 35.5 Å². The third-order valence-electron chi connectivity index (χ3n) is 1.65. The van der Waals surface area contributed by atoms with E-state index in [-0.39, 0.29) is 6.01 Å². The van der Waals surface area contributed by atoms with E-state index >= 15 is 0 Å². The molecule has 2 rings (SSSR count). The molecule has 1 aromatic heterocycles. The summed E-state index contributed by atoms with van der Waals surface area (Å²) in [7, 11) is 0. The van der Waals surface area contributed by atoms with Gasteiger partial charge in [-0.2, -0.15) is 0 Å². The van der Waals surface area contributed by atoms with Gasteiger partial charge in [0.2, 0.25) is 0 Å². The maximum atomic E-state index is 5.73. The van der Waals surface area contributed by atoms with Gasteiger partial charge in [0, 0.05) is 10.6 Å². The Morgan fingerprint density at radius 2 is 1.92 bits per heavy atom. The standard InChI is InChI=1S/C9H7ClN2O/c10-7-3-1-6(2-4-7)8-5-12-9(11)13-8/h1-5H,(H2,11,12). The first-order valence-corrected chi connectivity index (χ1v) is 4.11. The molecule has 1 heterocycles. The second-order valence-electron chi connectivity index (χ2n) is 2.57. The molecular formula is C9H7ClN2O. The number of oxazole rings is 1. The van der Waals surface area contributed by atoms with Gasteiger partial charge in [-0.05, 0) is 24.3 Å². The molecule has 0 aliphatic rings. The molecular weight excluding hydrogens is 188 g/mol. The van der Waals surface area contributed by atoms with Gasteiger partial charge < -0.3 is 10.2 Å². The highest BCUT2D eigenvalue weighted by Crippen LogP contribution is 2.22. The largest absolute Gasteiger partial charge is 0.424 e. The van der Waals surface area contributed by atoms with E-state index in [1.807, 2.05) is 12.1 Å². The highest BCUT2D eigenvalue weighted by Gasteiger charge is 2.02. The number of hydrogen-bond acceptors (Lipinski definition) is 3. The van der Waals surface area contributed by atoms with Crippen molar-refractivity contribution in [2.45, 2.75) is 0 Å². The first kappa shape index (κ1) is 8.13. The van der Waals surface area contributed by atoms with Crippen LogP contribution < -0.4 is 5.73 Å². The van der Waals surface area contributed by atoms with Crippen LogP contribution in [-0.4, -0.2) is 4.98 Å². The van der Waals surface area contributed by atoms with Crippen LogP contribution in [0, 0.1) is 0 Å². The van der Waals surface area contributed by atoms with Crippen molar-refractivity contribution in [1.82, 2.24) is 4.98 Å². The fourth-order valence-electron chi connectivity index (χ4n) is 1.04. The van der Waals surface area contributed by atoms with Gasteiger partial charge in [-0.3, -0.25) is 0 Å². The molecule has 66 valence electrons. The third-order valence-corrected chi connectivity index (χ3v) is 1.90. The number of hydrogen-bond donors (Lipinski definition) is 1. The summed E-state index contributed by atoms with van der Waals surface area (Å²) in [5.74, 6) is 0.647. The van der Waals surface area contributed by atoms with Crippen LogP contribution in [0.1, 0.15) is 0 Å². The van der Waals surface area contributed by atoms with Crippen molar-refractivity contribution in [2.75, 3.05) is 5.73 Å². The van der Waals surface area contributed by atoms with Crippen molar-refractivity contribution in [3.8, 4) is 11.3 Å². The Kier molecular flexibility index (Phi) is 1.94. The maximum Gasteiger partial charge on any atom is 0.292 e. The first-order chi connectivity index (χ1) is 6.25. The molecule has 0 bridgehead atoms. The van der Waals surface area contributed by atoms with Gasteiger partial charge in [0.1, 0.15) is 0 Å². The zero-order valence-electron chi connectivity index (χ0n) is 6.70. The Bertz CT molecular complexity index is 408. The van der Waals surface area contributed by atoms with Crippen molar-refractivity contribution >= 4 is 17.6 Å². The lowest BCUT2D eigenvalue weighted by atomic mass is 10.2. The number of nitrogen functional groups attached to an aromatic ring is 1. The summed E-state index contributed by atoms with van der Waals surface area (Å²) in [6.45, 7) is 0. The molecule has 0 amide bonds. The van der Waals surface area contributed by atoms with Crippen LogP contribution in [0.4, 0.5) is 6.01 Å². The molecule has 2 N–H and O–H groups in total. The molecule has 2 aromatic rings. The van der Waals surface area contributed by atoms with Crippen molar-refractivity contribution < 1.29 is 4.42 Å². The van der Waals surface area contributed by atoms with Crippen molar-refractivity contribution in [3.63, 3.8) is 0 Å². The van der Waals surface area contributed by atoms with Crippen LogP contribution in [0.3, 0.4) is 0 Å². The van der Waals surface area contributed by atoms with E-state index in [0.29, 0.717) is 10.8 Å². The van der Waals surface area contributed by atoms with E-state index in [9.17, 15) is 0 Å². The molecule has 0 spiro atoms. The van der Waals surface area contributed by atoms with Gasteiger partial charge in [0.15, 0.2) is 5.76 Å². The molecule has 0 radical (unpaired) electrons. The zero-order valence-corrected chi connectivity index (χ0v) is 7.45. The summed E-state index contributed by atoms with van der Waals surface area (Å²) in [6.07, 6.45) is 1.58. The van der Waals surface area contributed by atoms with Crippen molar-refractivity contribution in [1.29, 1.82) is 0 Å². The number of aromatic nitrogens is 1. The Labute approximate surface area is 80.1 Å². The molecule has 4 heteroatoms. The maximum absolute atomic E-state index is 5.73. The summed E-state index contributed by atoms with van der Waals surface area (Å²) < 4.78 is 5.13. The van der Waals surface area contributed by atoms with E-state index in [1.165, 1.54) is 0 Å². The summed E-state index contributed by atoms with van der Waals surface area (Å²) in [5, 5.41) is 0.691. The summed E-state index contributed by atoms with van der Waals surface area (Å²) in [5.41, 5.74) is 6.25. The van der Waals surface area contributed by atoms with Crippen LogP contribution in [0.15, 0.2) is 34.9 Å². The monoisotopic (exact) mass is 194 g/mol. The summed E-state index contributed by atoms with van der Waals surface area (Å²) in [4.78, 5) is 3.79. The average Bonchev–Trinajstić information content (AvgIpc) is 2.53. The number of benzene rings is 1. The van der Waals surface area contributed by atoms with E-state index in [4.69, 9.17) is 21.8 Å². The first-order valence-electron chi connectivity index (χ1n) is 3.73. The number of nitrogens with zero attached hydrogens (tertiary/aromatic N) is 1. The second-order valence-corrected chi connectivity index (χ2v) is 3.01. The smallest absolute Gasteiger partial charge is 0.292 e. The third kappa shape index (κ3) is 1.65. The Morgan fingerprint density at radius 1 is 1.23 bits per heavy atom. The number of rotatable bonds is 1. The van der Waals surface area contributed by atoms with Crippen molar-refractivity contribution in [2.24, 2.45) is 0 Å². The predicted octanol–water partition coefficient (Wildman–Crippen LogP) is 2.58. The SMILES string of the molecule is Nc1ncc(-c2ccc(Cl)cc2)o1. The average molecular weight is 195 g/mol. The topological polar surface area (TPSA) is 52.0 Å². The molecule has 0 unspecified atom stereocenters. The highest BCUT2D eigenvalue weighted by molar-refractivity contribution is 6.30. The fraction of sp³-hybridized carbons (Fsp3) is 0. The lowest BCUT2D eigenvalue weighted by Crippen LogP contribution is -1.79. The van der Waals surface area contributed by atoms with E-state index in [2.05, 4.69) is 4.98 Å². The molecule has 13 heavy (non-hydrogen) atoms. The van der Waals surface area contributed by atoms with Gasteiger partial charge >= 0.3 is 0 Å². The normalized spacial score (nSPS) is 10.2. The molecule has 1 aromatic carbocycles. The van der Waals surface area contributed by atoms with Gasteiger partial charge in [-0.25, -0.2) is 4.98 Å². The van der Waals surface area contributed by atoms with E-state index < -0.39 is 0 Å². The molecule has 0 aliphatic carbocycles. The number of halogens is 1. The molecule has 3 nitrogen and oxygen atoms in total. The van der Waals surface area contributed by atoms with E-state index in [0.717, 1.165) is 5.56 Å². The molecule has 0 aliphatic heterocycles. The Morgan fingerprint density at radius 3 is 2.46 bits per heavy atom. The number of anilines is 1. The quantitative estimate of drug-likeness (QED) is 0.759. The van der Waals surface area contributed by atoms with Crippen LogP contribution in [0.25, 0.3) is 11.3 Å². The lowest BCUT2D eigenvalue weighted by molar-refractivity contribution is 0.595. The van der Waals surface area contributed by atoms with E-state index in [1.54, 1.807) is 18.3 Å². The molecule has 0 saturated carbocycles. The predicted molar refractivity (Wildman–Crippen MR) is 51.4 cm³/mol. The van der Waals surface area contributed by atoms with Gasteiger partial charge in [-0.15, -0.1) is 0 Å². The van der Waals surface area contributed by atoms with Gasteiger partial charge in [0.05, 0.1) is 6.20 Å². The van der Waals surface area contributed by atoms with Crippen LogP contribution in [0.5, 0.6) is 0 Å². The Balaban J connectivity index is 2.41. The zero-order chi connectivity index (χ0) is 9.26. The highest BCUT2D eigenvalue weighted by atomic mass is 35.5. The second kappa shape index (κ2) is 3.11. The minimum absolute atomic E-state index is 0.171. The fourth-order valence-corrected chi connectivity index (χ4v) is 1.16. The molecule has 0 fully saturated rings. The lowest BCUT2D eigenvalue weighted by Gasteiger charge is -1.94. The minimum Gasteiger partial charge on any atom is -0.424 e. The number of nitrogens with two attached hydrogens (primary N) is 1. The Hall–Kier alpha value is -1.48. The molecule has 0 saturated heterocycles. The minimum atomic E-state index is 0.171. The van der Waals surface area contributed by atoms with Crippen LogP contribution in [0.2, 0.25) is 5.02 Å². The summed E-state index contributed by atoms with van der Waals surface area (Å²) in [6, 6.07) is 7.44. The van der Waals surface area contributed by atoms with Gasteiger partial charge in [0.25, 0.3) is 6.01 Å². The summed E-state index contributed by atoms with van der Waals surface area (Å²) >= 11 is 5.73. The van der Waals surface area contributed by atoms with Gasteiger partial charge in [-0.1, -0.05) is 11.6 Å².